The molecule has 0 atom stereocenters. The molecule has 0 aliphatic rings. The van der Waals surface area contributed by atoms with Gasteiger partial charge in [0, 0.05) is 19.3 Å². The molecule has 6 nitrogen and oxygen atoms in total. The first kappa shape index (κ1) is 19.3. The highest BCUT2D eigenvalue weighted by Gasteiger charge is 2.16. The average molecular weight is 356 g/mol. The van der Waals surface area contributed by atoms with E-state index in [9.17, 15) is 10.1 Å². The Kier molecular flexibility index (Phi) is 9.14. The van der Waals surface area contributed by atoms with Crippen molar-refractivity contribution in [2.24, 2.45) is 0 Å². The second-order valence-corrected chi connectivity index (χ2v) is 5.40. The molecule has 1 aromatic rings. The third kappa shape index (κ3) is 6.91. The third-order valence-corrected chi connectivity index (χ3v) is 3.63. The van der Waals surface area contributed by atoms with Crippen LogP contribution in [-0.2, 0) is 20.8 Å². The summed E-state index contributed by atoms with van der Waals surface area (Å²) in [6.07, 6.45) is 3.40. The highest BCUT2D eigenvalue weighted by atomic mass is 35.5. The van der Waals surface area contributed by atoms with Crippen LogP contribution in [0, 0.1) is 11.3 Å². The Balaban J connectivity index is 2.68. The van der Waals surface area contributed by atoms with E-state index in [0.29, 0.717) is 29.9 Å². The maximum absolute atomic E-state index is 12.0. The molecule has 0 bridgehead atoms. The summed E-state index contributed by atoms with van der Waals surface area (Å²) in [6, 6.07) is 5.37. The molecular weight excluding hydrogens is 338 g/mol. The zero-order valence-corrected chi connectivity index (χ0v) is 14.5. The number of nitrogens with one attached hydrogen (secondary N) is 1. The number of thioether (sulfide) groups is 1. The molecular formula is C15H18ClN3O3S. The van der Waals surface area contributed by atoms with Crippen molar-refractivity contribution in [1.82, 2.24) is 10.3 Å². The highest BCUT2D eigenvalue weighted by molar-refractivity contribution is 8.02. The van der Waals surface area contributed by atoms with Crippen LogP contribution in [0.15, 0.2) is 28.9 Å². The highest BCUT2D eigenvalue weighted by Crippen LogP contribution is 2.16. The number of halogens is 1. The van der Waals surface area contributed by atoms with Gasteiger partial charge in [-0.05, 0) is 24.8 Å². The van der Waals surface area contributed by atoms with E-state index in [-0.39, 0.29) is 12.2 Å². The van der Waals surface area contributed by atoms with Crippen LogP contribution in [0.2, 0.25) is 5.15 Å². The van der Waals surface area contributed by atoms with Crippen molar-refractivity contribution < 1.29 is 14.3 Å². The number of nitrogens with zero attached hydrogens (tertiary/aromatic N) is 2. The predicted molar refractivity (Wildman–Crippen MR) is 89.7 cm³/mol. The summed E-state index contributed by atoms with van der Waals surface area (Å²) < 4.78 is 10.1. The van der Waals surface area contributed by atoms with Crippen LogP contribution in [0.3, 0.4) is 0 Å². The molecule has 0 saturated heterocycles. The topological polar surface area (TPSA) is 84.2 Å². The molecule has 0 aromatic carbocycles. The molecule has 0 aliphatic heterocycles. The van der Waals surface area contributed by atoms with Gasteiger partial charge in [-0.15, -0.1) is 11.8 Å². The third-order valence-electron chi connectivity index (χ3n) is 2.65. The quantitative estimate of drug-likeness (QED) is 0.239. The lowest BCUT2D eigenvalue weighted by Crippen LogP contribution is -2.19. The first-order valence-electron chi connectivity index (χ1n) is 6.89. The molecule has 0 fully saturated rings. The number of aromatic nitrogens is 1. The number of hydrogen-bond acceptors (Lipinski definition) is 7. The van der Waals surface area contributed by atoms with Crippen molar-refractivity contribution in [2.75, 3.05) is 26.1 Å². The molecule has 0 amide bonds. The number of pyridine rings is 1. The van der Waals surface area contributed by atoms with Gasteiger partial charge in [-0.25, -0.2) is 9.78 Å². The fraction of sp³-hybridized carbons (Fsp3) is 0.400. The van der Waals surface area contributed by atoms with Crippen LogP contribution in [0.25, 0.3) is 0 Å². The van der Waals surface area contributed by atoms with E-state index in [1.807, 2.05) is 19.1 Å². The molecule has 1 aromatic heterocycles. The minimum atomic E-state index is -0.668. The van der Waals surface area contributed by atoms with Crippen molar-refractivity contribution in [1.29, 1.82) is 5.26 Å². The minimum absolute atomic E-state index is 0.0593. The standard InChI is InChI=1S/C15H18ClN3O3S/c1-3-21-6-7-22-15(20)12(8-17)14(23-2)19-10-11-4-5-13(16)18-9-11/h4-5,9,19H,3,6-7,10H2,1-2H3/b14-12+. The Morgan fingerprint density at radius 2 is 2.26 bits per heavy atom. The molecule has 1 heterocycles. The predicted octanol–water partition coefficient (Wildman–Crippen LogP) is 2.50. The van der Waals surface area contributed by atoms with Gasteiger partial charge in [-0.3, -0.25) is 0 Å². The van der Waals surface area contributed by atoms with Crippen LogP contribution in [0.1, 0.15) is 12.5 Å². The summed E-state index contributed by atoms with van der Waals surface area (Å²) in [5.74, 6) is -0.668. The maximum Gasteiger partial charge on any atom is 0.351 e. The van der Waals surface area contributed by atoms with Gasteiger partial charge in [0.1, 0.15) is 17.8 Å². The monoisotopic (exact) mass is 355 g/mol. The van der Waals surface area contributed by atoms with E-state index in [4.69, 9.17) is 21.1 Å². The first-order chi connectivity index (χ1) is 11.1. The van der Waals surface area contributed by atoms with Gasteiger partial charge in [0.2, 0.25) is 0 Å². The molecule has 0 aliphatic carbocycles. The summed E-state index contributed by atoms with van der Waals surface area (Å²) >= 11 is 6.99. The summed E-state index contributed by atoms with van der Waals surface area (Å²) in [5, 5.41) is 13.1. The maximum atomic E-state index is 12.0. The van der Waals surface area contributed by atoms with E-state index in [1.165, 1.54) is 11.8 Å². The molecule has 0 unspecified atom stereocenters. The van der Waals surface area contributed by atoms with E-state index in [1.54, 1.807) is 18.5 Å². The number of ether oxygens (including phenoxy) is 2. The molecule has 124 valence electrons. The Morgan fingerprint density at radius 3 is 2.83 bits per heavy atom. The molecule has 23 heavy (non-hydrogen) atoms. The molecule has 1 N–H and O–H groups in total. The number of hydrogen-bond donors (Lipinski definition) is 1. The summed E-state index contributed by atoms with van der Waals surface area (Å²) in [6.45, 7) is 3.23. The van der Waals surface area contributed by atoms with Crippen molar-refractivity contribution in [2.45, 2.75) is 13.5 Å². The lowest BCUT2D eigenvalue weighted by molar-refractivity contribution is -0.140. The largest absolute Gasteiger partial charge is 0.459 e. The first-order valence-corrected chi connectivity index (χ1v) is 8.50. The second-order valence-electron chi connectivity index (χ2n) is 4.20. The normalized spacial score (nSPS) is 11.4. The molecule has 8 heteroatoms. The summed E-state index contributed by atoms with van der Waals surface area (Å²) in [5.41, 5.74) is 0.818. The Hall–Kier alpha value is -1.75. The number of carbonyl (C=O) groups excluding carboxylic acids is 1. The summed E-state index contributed by atoms with van der Waals surface area (Å²) in [7, 11) is 0. The molecule has 0 radical (unpaired) electrons. The minimum Gasteiger partial charge on any atom is -0.459 e. The zero-order chi connectivity index (χ0) is 17.1. The number of nitriles is 1. The van der Waals surface area contributed by atoms with Crippen LogP contribution >= 0.6 is 23.4 Å². The fourth-order valence-corrected chi connectivity index (χ4v) is 2.22. The van der Waals surface area contributed by atoms with Gasteiger partial charge < -0.3 is 14.8 Å². The molecule has 0 spiro atoms. The van der Waals surface area contributed by atoms with Crippen LogP contribution < -0.4 is 5.32 Å². The Bertz CT molecular complexity index is 585. The van der Waals surface area contributed by atoms with E-state index < -0.39 is 5.97 Å². The van der Waals surface area contributed by atoms with Crippen LogP contribution in [-0.4, -0.2) is 37.0 Å². The van der Waals surface area contributed by atoms with Crippen molar-refractivity contribution in [3.8, 4) is 6.07 Å². The van der Waals surface area contributed by atoms with E-state index in [2.05, 4.69) is 10.3 Å². The van der Waals surface area contributed by atoms with Gasteiger partial charge in [0.15, 0.2) is 5.57 Å². The van der Waals surface area contributed by atoms with Gasteiger partial charge in [-0.1, -0.05) is 17.7 Å². The number of rotatable bonds is 9. The van der Waals surface area contributed by atoms with Crippen LogP contribution in [0.4, 0.5) is 0 Å². The van der Waals surface area contributed by atoms with Crippen molar-refractivity contribution in [3.63, 3.8) is 0 Å². The SMILES string of the molecule is CCOCCOC(=O)/C(C#N)=C(\NCc1ccc(Cl)nc1)SC. The zero-order valence-electron chi connectivity index (χ0n) is 13.0. The summed E-state index contributed by atoms with van der Waals surface area (Å²) in [4.78, 5) is 15.9. The van der Waals surface area contributed by atoms with Gasteiger partial charge in [0.05, 0.1) is 11.6 Å². The van der Waals surface area contributed by atoms with Gasteiger partial charge in [0.25, 0.3) is 0 Å². The number of esters is 1. The van der Waals surface area contributed by atoms with Crippen molar-refractivity contribution in [3.05, 3.63) is 39.6 Å². The Labute approximate surface area is 144 Å². The van der Waals surface area contributed by atoms with Gasteiger partial charge in [-0.2, -0.15) is 5.26 Å². The van der Waals surface area contributed by atoms with Gasteiger partial charge >= 0.3 is 5.97 Å². The van der Waals surface area contributed by atoms with Crippen molar-refractivity contribution >= 4 is 29.3 Å². The molecule has 0 saturated carbocycles. The van der Waals surface area contributed by atoms with Crippen LogP contribution in [0.5, 0.6) is 0 Å². The second kappa shape index (κ2) is 10.9. The molecule has 1 rings (SSSR count). The van der Waals surface area contributed by atoms with E-state index >= 15 is 0 Å². The Morgan fingerprint density at radius 1 is 1.48 bits per heavy atom. The lowest BCUT2D eigenvalue weighted by atomic mass is 10.3. The fourth-order valence-electron chi connectivity index (χ4n) is 1.55. The average Bonchev–Trinajstić information content (AvgIpc) is 2.56. The number of carbonyl (C=O) groups is 1. The van der Waals surface area contributed by atoms with E-state index in [0.717, 1.165) is 5.56 Å². The smallest absolute Gasteiger partial charge is 0.351 e. The lowest BCUT2D eigenvalue weighted by Gasteiger charge is -2.11.